The van der Waals surface area contributed by atoms with Gasteiger partial charge in [-0.1, -0.05) is 0 Å². The van der Waals surface area contributed by atoms with E-state index in [1.165, 1.54) is 6.92 Å². The van der Waals surface area contributed by atoms with E-state index in [2.05, 4.69) is 5.32 Å². The molecule has 0 spiro atoms. The lowest BCUT2D eigenvalue weighted by Crippen LogP contribution is -2.69. The van der Waals surface area contributed by atoms with Gasteiger partial charge in [0.25, 0.3) is 0 Å². The number of aliphatic hydroxyl groups is 9. The summed E-state index contributed by atoms with van der Waals surface area (Å²) in [6.45, 7) is 0.992. The Bertz CT molecular complexity index is 729. The maximum atomic E-state index is 12.0. The van der Waals surface area contributed by atoms with Crippen LogP contribution in [-0.2, 0) is 28.5 Å². The summed E-state index contributed by atoms with van der Waals surface area (Å²) in [5, 5.41) is 93.5. The fourth-order valence-corrected chi connectivity index (χ4v) is 4.39. The van der Waals surface area contributed by atoms with E-state index in [1.807, 2.05) is 0 Å². The third-order valence-electron chi connectivity index (χ3n) is 6.46. The number of carbonyl (C=O) groups excluding carboxylic acids is 1. The van der Waals surface area contributed by atoms with Gasteiger partial charge in [0.15, 0.2) is 18.9 Å². The zero-order chi connectivity index (χ0) is 26.9. The summed E-state index contributed by atoms with van der Waals surface area (Å²) in [7, 11) is 0. The molecule has 16 heteroatoms. The van der Waals surface area contributed by atoms with Crippen LogP contribution in [0.3, 0.4) is 0 Å². The first-order chi connectivity index (χ1) is 16.9. The Morgan fingerprint density at radius 3 is 1.86 bits per heavy atom. The summed E-state index contributed by atoms with van der Waals surface area (Å²) in [5.41, 5.74) is 0. The van der Waals surface area contributed by atoms with Crippen LogP contribution in [0.1, 0.15) is 13.8 Å². The standard InChI is InChI=1S/C20H35NO15/c1-5-10(25)14(29)17(18(31)32-5)36-19-9(21-6(2)24)16(12(27)8(4-23)33-19)35-20-15(30)13(28)11(26)7(3-22)34-20/h5,7-20,22-23,25-31H,3-4H2,1-2H3,(H,21,24)/t5-,7+,8+,9+,10-,11-,12-,13-,14+,15+,16+,17+,18+,19-,20-/m0/s1. The molecule has 3 fully saturated rings. The number of nitrogens with one attached hydrogen (secondary N) is 1. The summed E-state index contributed by atoms with van der Waals surface area (Å²) < 4.78 is 27.3. The maximum absolute atomic E-state index is 12.0. The second-order valence-corrected chi connectivity index (χ2v) is 9.05. The number of hydrogen-bond donors (Lipinski definition) is 10. The van der Waals surface area contributed by atoms with E-state index in [0.717, 1.165) is 6.92 Å². The molecule has 210 valence electrons. The van der Waals surface area contributed by atoms with Gasteiger partial charge < -0.3 is 75.0 Å². The molecule has 0 saturated carbocycles. The lowest BCUT2D eigenvalue weighted by atomic mass is 9.94. The van der Waals surface area contributed by atoms with Crippen molar-refractivity contribution >= 4 is 5.91 Å². The molecule has 3 rings (SSSR count). The van der Waals surface area contributed by atoms with Crippen LogP contribution in [0, 0.1) is 0 Å². The van der Waals surface area contributed by atoms with Crippen molar-refractivity contribution < 1.29 is 74.4 Å². The summed E-state index contributed by atoms with van der Waals surface area (Å²) >= 11 is 0. The van der Waals surface area contributed by atoms with Crippen LogP contribution < -0.4 is 5.32 Å². The van der Waals surface area contributed by atoms with E-state index in [0.29, 0.717) is 0 Å². The molecule has 0 aromatic carbocycles. The summed E-state index contributed by atoms with van der Waals surface area (Å²) in [6, 6.07) is -1.43. The first-order valence-corrected chi connectivity index (χ1v) is 11.4. The zero-order valence-electron chi connectivity index (χ0n) is 19.5. The van der Waals surface area contributed by atoms with Crippen LogP contribution in [-0.4, -0.2) is 157 Å². The first kappa shape index (κ1) is 29.5. The van der Waals surface area contributed by atoms with Crippen molar-refractivity contribution in [1.82, 2.24) is 5.32 Å². The van der Waals surface area contributed by atoms with Crippen LogP contribution in [0.25, 0.3) is 0 Å². The van der Waals surface area contributed by atoms with E-state index in [9.17, 15) is 50.8 Å². The van der Waals surface area contributed by atoms with Crippen molar-refractivity contribution in [1.29, 1.82) is 0 Å². The molecule has 15 atom stereocenters. The van der Waals surface area contributed by atoms with Crippen LogP contribution in [0.2, 0.25) is 0 Å². The molecular formula is C20H35NO15. The Kier molecular flexibility index (Phi) is 9.97. The van der Waals surface area contributed by atoms with Crippen LogP contribution in [0.15, 0.2) is 0 Å². The van der Waals surface area contributed by atoms with Gasteiger partial charge in [-0.15, -0.1) is 0 Å². The molecular weight excluding hydrogens is 494 g/mol. The van der Waals surface area contributed by atoms with Crippen molar-refractivity contribution in [2.45, 2.75) is 106 Å². The summed E-state index contributed by atoms with van der Waals surface area (Å²) in [5.74, 6) is -0.663. The number of amides is 1. The van der Waals surface area contributed by atoms with E-state index >= 15 is 0 Å². The van der Waals surface area contributed by atoms with Gasteiger partial charge in [0.05, 0.1) is 19.3 Å². The number of ether oxygens (including phenoxy) is 5. The molecule has 0 aromatic heterocycles. The van der Waals surface area contributed by atoms with Crippen molar-refractivity contribution in [3.8, 4) is 0 Å². The topological polar surface area (TPSA) is 257 Å². The summed E-state index contributed by atoms with van der Waals surface area (Å²) in [4.78, 5) is 12.0. The van der Waals surface area contributed by atoms with Gasteiger partial charge in [-0.25, -0.2) is 0 Å². The van der Waals surface area contributed by atoms with Crippen LogP contribution >= 0.6 is 0 Å². The first-order valence-electron chi connectivity index (χ1n) is 11.4. The largest absolute Gasteiger partial charge is 0.394 e. The molecule has 0 radical (unpaired) electrons. The molecule has 3 saturated heterocycles. The quantitative estimate of drug-likeness (QED) is 0.147. The number of aliphatic hydroxyl groups excluding tert-OH is 9. The van der Waals surface area contributed by atoms with E-state index < -0.39 is 111 Å². The second kappa shape index (κ2) is 12.2. The lowest BCUT2D eigenvalue weighted by molar-refractivity contribution is -0.366. The monoisotopic (exact) mass is 529 g/mol. The van der Waals surface area contributed by atoms with E-state index in [4.69, 9.17) is 23.7 Å². The molecule has 3 heterocycles. The molecule has 1 amide bonds. The predicted molar refractivity (Wildman–Crippen MR) is 111 cm³/mol. The highest BCUT2D eigenvalue weighted by molar-refractivity contribution is 5.73. The van der Waals surface area contributed by atoms with Gasteiger partial charge in [-0.05, 0) is 6.92 Å². The molecule has 16 nitrogen and oxygen atoms in total. The average molecular weight is 529 g/mol. The van der Waals surface area contributed by atoms with Crippen molar-refractivity contribution in [3.05, 3.63) is 0 Å². The number of hydrogen-bond acceptors (Lipinski definition) is 15. The Morgan fingerprint density at radius 1 is 0.722 bits per heavy atom. The number of carbonyl (C=O) groups is 1. The highest BCUT2D eigenvalue weighted by atomic mass is 16.7. The Labute approximate surface area is 205 Å². The highest BCUT2D eigenvalue weighted by Crippen LogP contribution is 2.32. The van der Waals surface area contributed by atoms with E-state index in [-0.39, 0.29) is 0 Å². The van der Waals surface area contributed by atoms with Gasteiger partial charge in [-0.3, -0.25) is 4.79 Å². The SMILES string of the molecule is CC(=O)N[C@H]1[C@H](O[C@@H]2[C@H](O)[C@@H](O)[C@H](C)O[C@H]2O)O[C@H](CO)[C@H](O)[C@@H]1O[C@@H]1O[C@H](CO)[C@H](O)[C@H](O)[C@H]1O. The van der Waals surface area contributed by atoms with Gasteiger partial charge in [-0.2, -0.15) is 0 Å². The smallest absolute Gasteiger partial charge is 0.217 e. The van der Waals surface area contributed by atoms with Gasteiger partial charge in [0, 0.05) is 6.92 Å². The van der Waals surface area contributed by atoms with Crippen molar-refractivity contribution in [2.24, 2.45) is 0 Å². The zero-order valence-corrected chi connectivity index (χ0v) is 19.5. The molecule has 0 aliphatic carbocycles. The Hall–Kier alpha value is -1.09. The van der Waals surface area contributed by atoms with Gasteiger partial charge >= 0.3 is 0 Å². The third kappa shape index (κ3) is 5.97. The van der Waals surface area contributed by atoms with Crippen molar-refractivity contribution in [3.63, 3.8) is 0 Å². The van der Waals surface area contributed by atoms with Crippen molar-refractivity contribution in [2.75, 3.05) is 13.2 Å². The number of rotatable bonds is 7. The minimum Gasteiger partial charge on any atom is -0.394 e. The molecule has 0 unspecified atom stereocenters. The average Bonchev–Trinajstić information content (AvgIpc) is 2.83. The lowest BCUT2D eigenvalue weighted by Gasteiger charge is -2.49. The molecule has 0 bridgehead atoms. The third-order valence-corrected chi connectivity index (χ3v) is 6.46. The maximum Gasteiger partial charge on any atom is 0.217 e. The normalized spacial score (nSPS) is 50.0. The highest BCUT2D eigenvalue weighted by Gasteiger charge is 2.53. The van der Waals surface area contributed by atoms with Gasteiger partial charge in [0.1, 0.15) is 67.1 Å². The van der Waals surface area contributed by atoms with E-state index in [1.54, 1.807) is 0 Å². The minimum atomic E-state index is -1.85. The van der Waals surface area contributed by atoms with Crippen LogP contribution in [0.4, 0.5) is 0 Å². The predicted octanol–water partition coefficient (Wildman–Crippen LogP) is -6.40. The molecule has 10 N–H and O–H groups in total. The summed E-state index contributed by atoms with van der Waals surface area (Å²) in [6.07, 6.45) is -22.1. The fourth-order valence-electron chi connectivity index (χ4n) is 4.39. The minimum absolute atomic E-state index is 0.663. The fraction of sp³-hybridized carbons (Fsp3) is 0.950. The van der Waals surface area contributed by atoms with Gasteiger partial charge in [0.2, 0.25) is 5.91 Å². The second-order valence-electron chi connectivity index (χ2n) is 9.05. The molecule has 0 aromatic rings. The Balaban J connectivity index is 1.88. The Morgan fingerprint density at radius 2 is 1.28 bits per heavy atom. The molecule has 3 aliphatic rings. The molecule has 3 aliphatic heterocycles. The molecule has 36 heavy (non-hydrogen) atoms. The van der Waals surface area contributed by atoms with Crippen LogP contribution in [0.5, 0.6) is 0 Å².